The molecule has 0 aliphatic heterocycles. The van der Waals surface area contributed by atoms with Gasteiger partial charge in [-0.05, 0) is 25.8 Å². The van der Waals surface area contributed by atoms with Crippen molar-refractivity contribution in [3.63, 3.8) is 0 Å². The molecule has 0 unspecified atom stereocenters. The smallest absolute Gasteiger partial charge is 0.132 e. The minimum absolute atomic E-state index is 0.489. The Morgan fingerprint density at radius 2 is 1.05 bits per heavy atom. The Labute approximate surface area is 126 Å². The second-order valence-electron chi connectivity index (χ2n) is 6.07. The van der Waals surface area contributed by atoms with Crippen LogP contribution < -0.4 is 5.73 Å². The Bertz CT molecular complexity index is 204. The van der Waals surface area contributed by atoms with E-state index in [0.29, 0.717) is 5.78 Å². The summed E-state index contributed by atoms with van der Waals surface area (Å²) < 4.78 is 0. The fraction of sp³-hybridized carbons (Fsp3) is 0.944. The van der Waals surface area contributed by atoms with Crippen LogP contribution in [0.2, 0.25) is 0 Å². The predicted molar refractivity (Wildman–Crippen MR) is 89.0 cm³/mol. The van der Waals surface area contributed by atoms with Gasteiger partial charge < -0.3 is 5.73 Å². The largest absolute Gasteiger partial charge is 0.330 e. The van der Waals surface area contributed by atoms with Crippen molar-refractivity contribution in [1.29, 1.82) is 0 Å². The topological polar surface area (TPSA) is 43.1 Å². The van der Waals surface area contributed by atoms with Gasteiger partial charge in [0.15, 0.2) is 0 Å². The minimum Gasteiger partial charge on any atom is -0.330 e. The summed E-state index contributed by atoms with van der Waals surface area (Å²) in [5.41, 5.74) is 5.47. The first-order valence-electron chi connectivity index (χ1n) is 9.03. The van der Waals surface area contributed by atoms with E-state index in [1.165, 1.54) is 70.6 Å². The third-order valence-electron chi connectivity index (χ3n) is 3.97. The maximum absolute atomic E-state index is 11.6. The van der Waals surface area contributed by atoms with E-state index in [1.807, 2.05) is 0 Å². The lowest BCUT2D eigenvalue weighted by atomic mass is 10.0. The van der Waals surface area contributed by atoms with E-state index in [1.54, 1.807) is 0 Å². The molecule has 0 aromatic carbocycles. The van der Waals surface area contributed by atoms with Crippen LogP contribution >= 0.6 is 0 Å². The molecule has 0 amide bonds. The van der Waals surface area contributed by atoms with E-state index < -0.39 is 0 Å². The highest BCUT2D eigenvalue weighted by Crippen LogP contribution is 2.12. The molecule has 20 heavy (non-hydrogen) atoms. The summed E-state index contributed by atoms with van der Waals surface area (Å²) >= 11 is 0. The fourth-order valence-electron chi connectivity index (χ4n) is 2.58. The zero-order valence-corrected chi connectivity index (χ0v) is 13.8. The number of ketones is 1. The molecule has 120 valence electrons. The number of hydrogen-bond donors (Lipinski definition) is 1. The lowest BCUT2D eigenvalue weighted by Crippen LogP contribution is -1.98. The summed E-state index contributed by atoms with van der Waals surface area (Å²) in [6.07, 6.45) is 18.0. The van der Waals surface area contributed by atoms with Crippen LogP contribution in [0.25, 0.3) is 0 Å². The third kappa shape index (κ3) is 15.7. The first-order chi connectivity index (χ1) is 9.81. The van der Waals surface area contributed by atoms with Crippen molar-refractivity contribution in [1.82, 2.24) is 0 Å². The molecule has 0 saturated heterocycles. The summed E-state index contributed by atoms with van der Waals surface area (Å²) in [7, 11) is 0. The molecule has 0 atom stereocenters. The average molecular weight is 283 g/mol. The number of carbonyl (C=O) groups is 1. The molecule has 0 aromatic rings. The number of rotatable bonds is 16. The van der Waals surface area contributed by atoms with Crippen LogP contribution in [0, 0.1) is 0 Å². The Hall–Kier alpha value is -0.370. The van der Waals surface area contributed by atoms with E-state index in [2.05, 4.69) is 6.92 Å². The summed E-state index contributed by atoms with van der Waals surface area (Å²) in [6, 6.07) is 0. The summed E-state index contributed by atoms with van der Waals surface area (Å²) in [4.78, 5) is 11.6. The number of carbonyl (C=O) groups excluding carboxylic acids is 1. The van der Waals surface area contributed by atoms with E-state index in [-0.39, 0.29) is 0 Å². The maximum atomic E-state index is 11.6. The van der Waals surface area contributed by atoms with Gasteiger partial charge in [0.05, 0.1) is 0 Å². The second-order valence-corrected chi connectivity index (χ2v) is 6.07. The van der Waals surface area contributed by atoms with Gasteiger partial charge in [0, 0.05) is 12.8 Å². The van der Waals surface area contributed by atoms with Gasteiger partial charge in [-0.25, -0.2) is 0 Å². The maximum Gasteiger partial charge on any atom is 0.132 e. The molecule has 0 radical (unpaired) electrons. The first kappa shape index (κ1) is 19.6. The Morgan fingerprint density at radius 1 is 0.650 bits per heavy atom. The first-order valence-corrected chi connectivity index (χ1v) is 9.03. The van der Waals surface area contributed by atoms with Gasteiger partial charge in [-0.1, -0.05) is 71.1 Å². The third-order valence-corrected chi connectivity index (χ3v) is 3.97. The minimum atomic E-state index is 0.489. The fourth-order valence-corrected chi connectivity index (χ4v) is 2.58. The lowest BCUT2D eigenvalue weighted by molar-refractivity contribution is -0.119. The van der Waals surface area contributed by atoms with Crippen molar-refractivity contribution in [2.45, 2.75) is 103 Å². The number of nitrogens with two attached hydrogens (primary N) is 1. The Balaban J connectivity index is 3.09. The van der Waals surface area contributed by atoms with Crippen molar-refractivity contribution in [2.75, 3.05) is 6.54 Å². The Morgan fingerprint density at radius 3 is 1.50 bits per heavy atom. The van der Waals surface area contributed by atoms with Crippen molar-refractivity contribution in [2.24, 2.45) is 5.73 Å². The molecule has 0 bridgehead atoms. The molecule has 0 heterocycles. The van der Waals surface area contributed by atoms with Crippen molar-refractivity contribution >= 4 is 5.78 Å². The van der Waals surface area contributed by atoms with Crippen LogP contribution in [0.5, 0.6) is 0 Å². The number of hydrogen-bond acceptors (Lipinski definition) is 2. The van der Waals surface area contributed by atoms with E-state index in [0.717, 1.165) is 32.2 Å². The van der Waals surface area contributed by atoms with Crippen molar-refractivity contribution in [3.05, 3.63) is 0 Å². The van der Waals surface area contributed by atoms with Gasteiger partial charge in [-0.3, -0.25) is 4.79 Å². The van der Waals surface area contributed by atoms with Crippen LogP contribution in [-0.2, 0) is 4.79 Å². The van der Waals surface area contributed by atoms with Crippen LogP contribution in [0.3, 0.4) is 0 Å². The molecule has 0 saturated carbocycles. The number of Topliss-reactive ketones (excluding diaryl/α,β-unsaturated/α-hetero) is 1. The SMILES string of the molecule is CCCCCCC(=O)CCCCCCCCCCCN. The van der Waals surface area contributed by atoms with Crippen LogP contribution in [0.4, 0.5) is 0 Å². The monoisotopic (exact) mass is 283 g/mol. The predicted octanol–water partition coefficient (Wildman–Crippen LogP) is 5.39. The van der Waals surface area contributed by atoms with Gasteiger partial charge >= 0.3 is 0 Å². The van der Waals surface area contributed by atoms with E-state index >= 15 is 0 Å². The zero-order chi connectivity index (χ0) is 14.9. The lowest BCUT2D eigenvalue weighted by Gasteiger charge is -2.03. The highest BCUT2D eigenvalue weighted by Gasteiger charge is 2.01. The molecular weight excluding hydrogens is 246 g/mol. The Kier molecular flexibility index (Phi) is 16.4. The summed E-state index contributed by atoms with van der Waals surface area (Å²) in [5.74, 6) is 0.489. The molecule has 2 N–H and O–H groups in total. The normalized spacial score (nSPS) is 10.9. The highest BCUT2D eigenvalue weighted by molar-refractivity contribution is 5.78. The summed E-state index contributed by atoms with van der Waals surface area (Å²) in [5, 5.41) is 0. The van der Waals surface area contributed by atoms with E-state index in [9.17, 15) is 4.79 Å². The van der Waals surface area contributed by atoms with E-state index in [4.69, 9.17) is 5.73 Å². The van der Waals surface area contributed by atoms with Crippen LogP contribution in [0.15, 0.2) is 0 Å². The molecule has 0 aromatic heterocycles. The molecule has 0 spiro atoms. The molecular formula is C18H37NO. The molecule has 0 rings (SSSR count). The second kappa shape index (κ2) is 16.7. The molecule has 0 aliphatic rings. The number of unbranched alkanes of at least 4 members (excludes halogenated alkanes) is 11. The molecule has 2 heteroatoms. The highest BCUT2D eigenvalue weighted by atomic mass is 16.1. The average Bonchev–Trinajstić information content (AvgIpc) is 2.45. The van der Waals surface area contributed by atoms with Gasteiger partial charge in [-0.15, -0.1) is 0 Å². The van der Waals surface area contributed by atoms with Crippen LogP contribution in [-0.4, -0.2) is 12.3 Å². The van der Waals surface area contributed by atoms with Crippen LogP contribution in [0.1, 0.15) is 103 Å². The van der Waals surface area contributed by atoms with Gasteiger partial charge in [0.25, 0.3) is 0 Å². The zero-order valence-electron chi connectivity index (χ0n) is 13.8. The molecule has 0 fully saturated rings. The quantitative estimate of drug-likeness (QED) is 0.386. The van der Waals surface area contributed by atoms with Gasteiger partial charge in [0.1, 0.15) is 5.78 Å². The molecule has 2 nitrogen and oxygen atoms in total. The van der Waals surface area contributed by atoms with Gasteiger partial charge in [0.2, 0.25) is 0 Å². The van der Waals surface area contributed by atoms with Crippen molar-refractivity contribution < 1.29 is 4.79 Å². The summed E-state index contributed by atoms with van der Waals surface area (Å²) in [6.45, 7) is 3.05. The standard InChI is InChI=1S/C18H37NO/c1-2-3-4-12-15-18(20)16-13-10-8-6-5-7-9-11-14-17-19/h2-17,19H2,1H3. The van der Waals surface area contributed by atoms with Crippen molar-refractivity contribution in [3.8, 4) is 0 Å². The molecule has 0 aliphatic carbocycles. The van der Waals surface area contributed by atoms with Gasteiger partial charge in [-0.2, -0.15) is 0 Å².